The number of rotatable bonds is 10. The van der Waals surface area contributed by atoms with Gasteiger partial charge in [-0.1, -0.05) is 30.8 Å². The van der Waals surface area contributed by atoms with E-state index in [1.807, 2.05) is 55.5 Å². The van der Waals surface area contributed by atoms with E-state index in [1.54, 1.807) is 14.2 Å². The van der Waals surface area contributed by atoms with E-state index in [-0.39, 0.29) is 0 Å². The Balaban J connectivity index is 1.98. The van der Waals surface area contributed by atoms with Gasteiger partial charge in [0, 0.05) is 13.1 Å². The van der Waals surface area contributed by atoms with Gasteiger partial charge in [-0.05, 0) is 48.4 Å². The van der Waals surface area contributed by atoms with E-state index in [0.717, 1.165) is 22.6 Å². The number of halogens is 1. The molecule has 1 heterocycles. The topological polar surface area (TPSA) is 43.8 Å². The maximum Gasteiger partial charge on any atom is 0.142 e. The highest BCUT2D eigenvalue weighted by atomic mass is 19.1. The summed E-state index contributed by atoms with van der Waals surface area (Å²) >= 11 is 0. The van der Waals surface area contributed by atoms with Gasteiger partial charge in [0.05, 0.1) is 32.6 Å². The highest BCUT2D eigenvalue weighted by molar-refractivity contribution is 5.69. The second-order valence-corrected chi connectivity index (χ2v) is 6.93. The van der Waals surface area contributed by atoms with Gasteiger partial charge in [-0.2, -0.15) is 0 Å². The summed E-state index contributed by atoms with van der Waals surface area (Å²) < 4.78 is 30.1. The predicted molar refractivity (Wildman–Crippen MR) is 121 cm³/mol. The Kier molecular flexibility index (Phi) is 7.49. The summed E-state index contributed by atoms with van der Waals surface area (Å²) in [6.45, 7) is 7.38. The van der Waals surface area contributed by atoms with Crippen LogP contribution in [0.15, 0.2) is 67.4 Å². The van der Waals surface area contributed by atoms with Crippen LogP contribution in [0.4, 0.5) is 10.2 Å². The van der Waals surface area contributed by atoms with E-state index in [2.05, 4.69) is 16.5 Å². The number of pyridine rings is 1. The third-order valence-corrected chi connectivity index (χ3v) is 4.82. The minimum absolute atomic E-state index is 0.388. The van der Waals surface area contributed by atoms with Gasteiger partial charge in [-0.25, -0.2) is 9.37 Å². The predicted octanol–water partition coefficient (Wildman–Crippen LogP) is 5.45. The van der Waals surface area contributed by atoms with E-state index in [1.165, 1.54) is 12.3 Å². The molecule has 5 nitrogen and oxygen atoms in total. The van der Waals surface area contributed by atoms with Gasteiger partial charge in [0.15, 0.2) is 0 Å². The zero-order valence-electron chi connectivity index (χ0n) is 18.1. The number of methoxy groups -OCH3 is 2. The molecule has 0 aliphatic heterocycles. The highest BCUT2D eigenvalue weighted by Gasteiger charge is 2.18. The molecule has 1 aromatic heterocycles. The van der Waals surface area contributed by atoms with Crippen LogP contribution in [0.2, 0.25) is 0 Å². The second-order valence-electron chi connectivity index (χ2n) is 6.93. The Bertz CT molecular complexity index is 955. The van der Waals surface area contributed by atoms with Crippen molar-refractivity contribution in [1.29, 1.82) is 0 Å². The number of hydrogen-bond donors (Lipinski definition) is 0. The molecule has 0 aliphatic carbocycles. The Labute approximate surface area is 182 Å². The number of hydrogen-bond acceptors (Lipinski definition) is 5. The van der Waals surface area contributed by atoms with Crippen molar-refractivity contribution in [2.75, 3.05) is 25.7 Å². The summed E-state index contributed by atoms with van der Waals surface area (Å²) in [4.78, 5) is 6.47. The average molecular weight is 423 g/mol. The molecule has 0 radical (unpaired) electrons. The molecule has 3 rings (SSSR count). The van der Waals surface area contributed by atoms with Crippen LogP contribution in [-0.2, 0) is 17.8 Å². The van der Waals surface area contributed by atoms with Crippen molar-refractivity contribution in [1.82, 2.24) is 4.98 Å². The Hall–Kier alpha value is -3.54. The van der Waals surface area contributed by atoms with E-state index in [9.17, 15) is 4.39 Å². The van der Waals surface area contributed by atoms with Crippen LogP contribution in [-0.4, -0.2) is 25.8 Å². The van der Waals surface area contributed by atoms with Crippen molar-refractivity contribution >= 4 is 11.6 Å². The summed E-state index contributed by atoms with van der Waals surface area (Å²) in [5.74, 6) is 2.13. The smallest absolute Gasteiger partial charge is 0.142 e. The molecule has 0 fully saturated rings. The fraction of sp³-hybridized carbons (Fsp3) is 0.240. The minimum atomic E-state index is -0.437. The van der Waals surface area contributed by atoms with Gasteiger partial charge in [0.1, 0.15) is 28.9 Å². The first-order chi connectivity index (χ1) is 15.0. The largest absolute Gasteiger partial charge is 0.497 e. The van der Waals surface area contributed by atoms with Crippen LogP contribution in [0.5, 0.6) is 11.5 Å². The first-order valence-electron chi connectivity index (χ1n) is 10.0. The van der Waals surface area contributed by atoms with Gasteiger partial charge in [-0.3, -0.25) is 0 Å². The lowest BCUT2D eigenvalue weighted by Crippen LogP contribution is -2.24. The van der Waals surface area contributed by atoms with Crippen LogP contribution in [0.25, 0.3) is 5.76 Å². The maximum atomic E-state index is 14.0. The van der Waals surface area contributed by atoms with E-state index < -0.39 is 5.82 Å². The summed E-state index contributed by atoms with van der Waals surface area (Å²) in [7, 11) is 3.28. The standard InChI is InChI=1S/C25H27FN2O3/c1-5-31-18(2)24-14-21(26)15-27-25(24)28(16-19-6-10-22(29-3)11-7-19)17-20-8-12-23(30-4)13-9-20/h6-15H,2,5,16-17H2,1,3-4H3. The number of ether oxygens (including phenoxy) is 3. The van der Waals surface area contributed by atoms with E-state index >= 15 is 0 Å². The molecule has 0 N–H and O–H groups in total. The first kappa shape index (κ1) is 22.2. The number of nitrogens with zero attached hydrogens (tertiary/aromatic N) is 2. The molecule has 0 spiro atoms. The Morgan fingerprint density at radius 2 is 1.45 bits per heavy atom. The van der Waals surface area contributed by atoms with Gasteiger partial charge in [-0.15, -0.1) is 0 Å². The summed E-state index contributed by atoms with van der Waals surface area (Å²) in [5, 5.41) is 0. The molecule has 0 saturated carbocycles. The lowest BCUT2D eigenvalue weighted by Gasteiger charge is -2.27. The van der Waals surface area contributed by atoms with Crippen LogP contribution in [0.1, 0.15) is 23.6 Å². The molecule has 0 bridgehead atoms. The molecule has 0 aliphatic rings. The molecule has 0 saturated heterocycles. The normalized spacial score (nSPS) is 10.5. The second kappa shape index (κ2) is 10.5. The highest BCUT2D eigenvalue weighted by Crippen LogP contribution is 2.29. The lowest BCUT2D eigenvalue weighted by molar-refractivity contribution is 0.299. The van der Waals surface area contributed by atoms with E-state index in [0.29, 0.717) is 36.8 Å². The number of anilines is 1. The fourth-order valence-corrected chi connectivity index (χ4v) is 3.25. The van der Waals surface area contributed by atoms with Crippen LogP contribution < -0.4 is 14.4 Å². The molecule has 2 aromatic carbocycles. The van der Waals surface area contributed by atoms with Crippen LogP contribution in [0.3, 0.4) is 0 Å². The van der Waals surface area contributed by atoms with Crippen molar-refractivity contribution in [3.63, 3.8) is 0 Å². The molecular formula is C25H27FN2O3. The molecule has 3 aromatic rings. The monoisotopic (exact) mass is 422 g/mol. The van der Waals surface area contributed by atoms with Crippen molar-refractivity contribution in [3.8, 4) is 11.5 Å². The molecule has 0 unspecified atom stereocenters. The Morgan fingerprint density at radius 1 is 0.935 bits per heavy atom. The summed E-state index contributed by atoms with van der Waals surface area (Å²) in [5.41, 5.74) is 2.66. The summed E-state index contributed by atoms with van der Waals surface area (Å²) in [6, 6.07) is 17.1. The molecule has 6 heteroatoms. The van der Waals surface area contributed by atoms with Gasteiger partial charge in [0.2, 0.25) is 0 Å². The molecular weight excluding hydrogens is 395 g/mol. The van der Waals surface area contributed by atoms with Crippen molar-refractivity contribution in [3.05, 3.63) is 89.9 Å². The molecule has 31 heavy (non-hydrogen) atoms. The summed E-state index contributed by atoms with van der Waals surface area (Å²) in [6.07, 6.45) is 1.22. The number of benzene rings is 2. The zero-order valence-corrected chi connectivity index (χ0v) is 18.1. The van der Waals surface area contributed by atoms with Crippen LogP contribution >= 0.6 is 0 Å². The van der Waals surface area contributed by atoms with Gasteiger partial charge in [0.25, 0.3) is 0 Å². The molecule has 0 amide bonds. The first-order valence-corrected chi connectivity index (χ1v) is 10.0. The number of aromatic nitrogens is 1. The fourth-order valence-electron chi connectivity index (χ4n) is 3.25. The minimum Gasteiger partial charge on any atom is -0.497 e. The zero-order chi connectivity index (χ0) is 22.2. The van der Waals surface area contributed by atoms with Crippen molar-refractivity contribution in [2.45, 2.75) is 20.0 Å². The van der Waals surface area contributed by atoms with Gasteiger partial charge < -0.3 is 19.1 Å². The third-order valence-electron chi connectivity index (χ3n) is 4.82. The SMILES string of the molecule is C=C(OCC)c1cc(F)cnc1N(Cc1ccc(OC)cc1)Cc1ccc(OC)cc1. The molecule has 0 atom stereocenters. The van der Waals surface area contributed by atoms with Crippen LogP contribution in [0, 0.1) is 5.82 Å². The van der Waals surface area contributed by atoms with E-state index in [4.69, 9.17) is 14.2 Å². The molecule has 162 valence electrons. The van der Waals surface area contributed by atoms with Crippen molar-refractivity contribution in [2.24, 2.45) is 0 Å². The Morgan fingerprint density at radius 3 is 1.90 bits per heavy atom. The lowest BCUT2D eigenvalue weighted by atomic mass is 10.1. The quantitative estimate of drug-likeness (QED) is 0.407. The maximum absolute atomic E-state index is 14.0. The third kappa shape index (κ3) is 5.75. The average Bonchev–Trinajstić information content (AvgIpc) is 2.80. The van der Waals surface area contributed by atoms with Gasteiger partial charge >= 0.3 is 0 Å². The van der Waals surface area contributed by atoms with Crippen molar-refractivity contribution < 1.29 is 18.6 Å².